The standard InChI is InChI=1S/C23H21F3N4O2/c24-23(25,26)18-8-4-7-17(13-18)15-29-11-12-30-20(22(29)32)14-19(28-30)21(31)27-10-9-16-5-2-1-3-6-16/h1-8,13-14H,9-12,15H2,(H,27,31). The Morgan fingerprint density at radius 2 is 1.75 bits per heavy atom. The van der Waals surface area contributed by atoms with E-state index >= 15 is 0 Å². The van der Waals surface area contributed by atoms with Gasteiger partial charge in [0.05, 0.1) is 12.1 Å². The number of nitrogens with zero attached hydrogens (tertiary/aromatic N) is 3. The van der Waals surface area contributed by atoms with E-state index in [-0.39, 0.29) is 29.7 Å². The Morgan fingerprint density at radius 1 is 1.00 bits per heavy atom. The Balaban J connectivity index is 1.40. The molecule has 0 radical (unpaired) electrons. The molecule has 0 unspecified atom stereocenters. The minimum absolute atomic E-state index is 0.0482. The molecule has 0 aliphatic carbocycles. The van der Waals surface area contributed by atoms with Crippen molar-refractivity contribution in [1.82, 2.24) is 20.0 Å². The van der Waals surface area contributed by atoms with Gasteiger partial charge in [0.25, 0.3) is 11.8 Å². The van der Waals surface area contributed by atoms with Crippen LogP contribution in [0.3, 0.4) is 0 Å². The number of rotatable bonds is 6. The molecule has 0 atom stereocenters. The average Bonchev–Trinajstić information content (AvgIpc) is 3.21. The number of aromatic nitrogens is 2. The Kier molecular flexibility index (Phi) is 5.98. The third-order valence-electron chi connectivity index (χ3n) is 5.27. The molecule has 0 saturated heterocycles. The number of halogens is 3. The second kappa shape index (κ2) is 8.86. The molecule has 1 aromatic heterocycles. The lowest BCUT2D eigenvalue weighted by molar-refractivity contribution is -0.137. The summed E-state index contributed by atoms with van der Waals surface area (Å²) >= 11 is 0. The van der Waals surface area contributed by atoms with Gasteiger partial charge in [-0.25, -0.2) is 0 Å². The average molecular weight is 442 g/mol. The van der Waals surface area contributed by atoms with Crippen LogP contribution in [0.2, 0.25) is 0 Å². The van der Waals surface area contributed by atoms with E-state index in [2.05, 4.69) is 10.4 Å². The lowest BCUT2D eigenvalue weighted by atomic mass is 10.1. The summed E-state index contributed by atoms with van der Waals surface area (Å²) in [6, 6.07) is 16.1. The van der Waals surface area contributed by atoms with Crippen molar-refractivity contribution in [3.63, 3.8) is 0 Å². The molecule has 0 saturated carbocycles. The van der Waals surface area contributed by atoms with Crippen molar-refractivity contribution in [3.8, 4) is 0 Å². The zero-order chi connectivity index (χ0) is 22.7. The molecule has 32 heavy (non-hydrogen) atoms. The quantitative estimate of drug-likeness (QED) is 0.635. The van der Waals surface area contributed by atoms with E-state index in [0.29, 0.717) is 31.6 Å². The molecule has 0 fully saturated rings. The summed E-state index contributed by atoms with van der Waals surface area (Å²) in [5, 5.41) is 7.02. The highest BCUT2D eigenvalue weighted by atomic mass is 19.4. The lowest BCUT2D eigenvalue weighted by Gasteiger charge is -2.27. The van der Waals surface area contributed by atoms with Gasteiger partial charge in [-0.2, -0.15) is 18.3 Å². The maximum atomic E-state index is 13.0. The number of fused-ring (bicyclic) bond motifs is 1. The number of benzene rings is 2. The van der Waals surface area contributed by atoms with Gasteiger partial charge in [-0.1, -0.05) is 42.5 Å². The van der Waals surface area contributed by atoms with Crippen molar-refractivity contribution < 1.29 is 22.8 Å². The number of nitrogens with one attached hydrogen (secondary N) is 1. The van der Waals surface area contributed by atoms with Gasteiger partial charge in [-0.3, -0.25) is 14.3 Å². The van der Waals surface area contributed by atoms with Crippen LogP contribution in [0.5, 0.6) is 0 Å². The first-order valence-corrected chi connectivity index (χ1v) is 10.2. The van der Waals surface area contributed by atoms with Crippen LogP contribution in [0, 0.1) is 0 Å². The summed E-state index contributed by atoms with van der Waals surface area (Å²) in [6.45, 7) is 1.13. The highest BCUT2D eigenvalue weighted by Crippen LogP contribution is 2.30. The molecule has 9 heteroatoms. The van der Waals surface area contributed by atoms with E-state index in [0.717, 1.165) is 17.7 Å². The summed E-state index contributed by atoms with van der Waals surface area (Å²) in [7, 11) is 0. The molecule has 2 aromatic carbocycles. The van der Waals surface area contributed by atoms with E-state index in [1.807, 2.05) is 30.3 Å². The van der Waals surface area contributed by atoms with Gasteiger partial charge in [-0.15, -0.1) is 0 Å². The molecular weight excluding hydrogens is 421 g/mol. The van der Waals surface area contributed by atoms with Crippen LogP contribution in [-0.4, -0.2) is 39.6 Å². The fourth-order valence-corrected chi connectivity index (χ4v) is 3.62. The molecule has 1 N–H and O–H groups in total. The fourth-order valence-electron chi connectivity index (χ4n) is 3.62. The summed E-state index contributed by atoms with van der Waals surface area (Å²) in [5.41, 5.74) is 1.12. The number of carbonyl (C=O) groups is 2. The van der Waals surface area contributed by atoms with Gasteiger partial charge in [0.2, 0.25) is 0 Å². The molecule has 1 aliphatic heterocycles. The first-order valence-electron chi connectivity index (χ1n) is 10.2. The van der Waals surface area contributed by atoms with Crippen molar-refractivity contribution in [2.24, 2.45) is 0 Å². The Bertz CT molecular complexity index is 1130. The zero-order valence-corrected chi connectivity index (χ0v) is 17.1. The number of carbonyl (C=O) groups excluding carboxylic acids is 2. The van der Waals surface area contributed by atoms with Crippen molar-refractivity contribution in [3.05, 3.63) is 88.7 Å². The molecule has 3 aromatic rings. The number of amides is 2. The van der Waals surface area contributed by atoms with Crippen LogP contribution in [0.4, 0.5) is 13.2 Å². The van der Waals surface area contributed by atoms with E-state index in [1.165, 1.54) is 21.7 Å². The Morgan fingerprint density at radius 3 is 2.50 bits per heavy atom. The SMILES string of the molecule is O=C(NCCc1ccccc1)c1cc2n(n1)CCN(Cc1cccc(C(F)(F)F)c1)C2=O. The molecule has 2 heterocycles. The van der Waals surface area contributed by atoms with Crippen LogP contribution < -0.4 is 5.32 Å². The molecule has 2 amide bonds. The van der Waals surface area contributed by atoms with E-state index in [1.54, 1.807) is 6.07 Å². The number of hydrogen-bond donors (Lipinski definition) is 1. The van der Waals surface area contributed by atoms with Crippen molar-refractivity contribution in [1.29, 1.82) is 0 Å². The van der Waals surface area contributed by atoms with Crippen molar-refractivity contribution >= 4 is 11.8 Å². The van der Waals surface area contributed by atoms with Crippen LogP contribution in [-0.2, 0) is 25.7 Å². The third kappa shape index (κ3) is 4.82. The second-order valence-corrected chi connectivity index (χ2v) is 7.55. The van der Waals surface area contributed by atoms with Crippen LogP contribution in [0.15, 0.2) is 60.7 Å². The topological polar surface area (TPSA) is 67.2 Å². The molecular formula is C23H21F3N4O2. The largest absolute Gasteiger partial charge is 0.416 e. The highest BCUT2D eigenvalue weighted by molar-refractivity contribution is 5.98. The second-order valence-electron chi connectivity index (χ2n) is 7.55. The van der Waals surface area contributed by atoms with Crippen LogP contribution >= 0.6 is 0 Å². The summed E-state index contributed by atoms with van der Waals surface area (Å²) in [6.07, 6.45) is -3.77. The van der Waals surface area contributed by atoms with Gasteiger partial charge in [0.1, 0.15) is 5.69 Å². The predicted octanol–water partition coefficient (Wildman–Crippen LogP) is 3.53. The van der Waals surface area contributed by atoms with E-state index < -0.39 is 11.7 Å². The van der Waals surface area contributed by atoms with Gasteiger partial charge in [0, 0.05) is 25.7 Å². The third-order valence-corrected chi connectivity index (χ3v) is 5.27. The van der Waals surface area contributed by atoms with Crippen LogP contribution in [0.1, 0.15) is 37.7 Å². The van der Waals surface area contributed by atoms with Crippen molar-refractivity contribution in [2.75, 3.05) is 13.1 Å². The molecule has 166 valence electrons. The van der Waals surface area contributed by atoms with Gasteiger partial charge in [-0.05, 0) is 29.7 Å². The maximum absolute atomic E-state index is 13.0. The summed E-state index contributed by atoms with van der Waals surface area (Å²) in [5.74, 6) is -0.746. The minimum Gasteiger partial charge on any atom is -0.350 e. The Labute approximate surface area is 182 Å². The lowest BCUT2D eigenvalue weighted by Crippen LogP contribution is -2.39. The normalized spacial score (nSPS) is 13.7. The minimum atomic E-state index is -4.44. The van der Waals surface area contributed by atoms with E-state index in [9.17, 15) is 22.8 Å². The fraction of sp³-hybridized carbons (Fsp3) is 0.261. The highest BCUT2D eigenvalue weighted by Gasteiger charge is 2.31. The first-order chi connectivity index (χ1) is 15.3. The van der Waals surface area contributed by atoms with Gasteiger partial charge < -0.3 is 10.2 Å². The zero-order valence-electron chi connectivity index (χ0n) is 17.1. The maximum Gasteiger partial charge on any atom is 0.416 e. The Hall–Kier alpha value is -3.62. The number of hydrogen-bond acceptors (Lipinski definition) is 3. The summed E-state index contributed by atoms with van der Waals surface area (Å²) < 4.78 is 40.3. The van der Waals surface area contributed by atoms with Gasteiger partial charge >= 0.3 is 6.18 Å². The monoisotopic (exact) mass is 442 g/mol. The van der Waals surface area contributed by atoms with E-state index in [4.69, 9.17) is 0 Å². The first kappa shape index (κ1) is 21.6. The summed E-state index contributed by atoms with van der Waals surface area (Å²) in [4.78, 5) is 26.8. The molecule has 4 rings (SSSR count). The predicted molar refractivity (Wildman–Crippen MR) is 111 cm³/mol. The smallest absolute Gasteiger partial charge is 0.350 e. The number of alkyl halides is 3. The van der Waals surface area contributed by atoms with Gasteiger partial charge in [0.15, 0.2) is 5.69 Å². The molecule has 0 spiro atoms. The molecule has 0 bridgehead atoms. The van der Waals surface area contributed by atoms with Crippen LogP contribution in [0.25, 0.3) is 0 Å². The van der Waals surface area contributed by atoms with Crippen molar-refractivity contribution in [2.45, 2.75) is 25.7 Å². The molecule has 1 aliphatic rings. The molecule has 6 nitrogen and oxygen atoms in total.